The Morgan fingerprint density at radius 3 is 3.00 bits per heavy atom. The molecule has 1 N–H and O–H groups in total. The molecule has 0 spiro atoms. The first-order chi connectivity index (χ1) is 5.27. The summed E-state index contributed by atoms with van der Waals surface area (Å²) in [5.74, 6) is 0.513. The van der Waals surface area contributed by atoms with E-state index >= 15 is 0 Å². The molecule has 2 heterocycles. The highest BCUT2D eigenvalue weighted by Crippen LogP contribution is 2.02. The number of hydrogen-bond donors (Lipinski definition) is 1. The number of thiocarbonyl (C=S) groups is 2. The van der Waals surface area contributed by atoms with Crippen LogP contribution < -0.4 is 5.32 Å². The number of aliphatic imine (C=N–C) groups is 3. The SMILES string of the molecule is S=C1N=C2N=CN=C2C(=S)N1. The van der Waals surface area contributed by atoms with Crippen LogP contribution in [0.25, 0.3) is 0 Å². The first kappa shape index (κ1) is 6.68. The summed E-state index contributed by atoms with van der Waals surface area (Å²) in [6, 6.07) is 0. The third-order valence-electron chi connectivity index (χ3n) is 1.22. The molecule has 6 heteroatoms. The van der Waals surface area contributed by atoms with Gasteiger partial charge in [-0.2, -0.15) is 4.99 Å². The molecule has 0 saturated heterocycles. The van der Waals surface area contributed by atoms with E-state index in [-0.39, 0.29) is 0 Å². The zero-order chi connectivity index (χ0) is 7.84. The molecule has 54 valence electrons. The van der Waals surface area contributed by atoms with E-state index in [2.05, 4.69) is 20.3 Å². The van der Waals surface area contributed by atoms with Crippen molar-refractivity contribution in [3.63, 3.8) is 0 Å². The van der Waals surface area contributed by atoms with Gasteiger partial charge in [0.2, 0.25) is 0 Å². The van der Waals surface area contributed by atoms with E-state index in [4.69, 9.17) is 24.4 Å². The molecule has 0 unspecified atom stereocenters. The first-order valence-corrected chi connectivity index (χ1v) is 3.64. The normalized spacial score (nSPS) is 20.7. The molecule has 2 aliphatic heterocycles. The largest absolute Gasteiger partial charge is 0.320 e. The van der Waals surface area contributed by atoms with Crippen LogP contribution in [0.5, 0.6) is 0 Å². The molecule has 2 aliphatic rings. The van der Waals surface area contributed by atoms with Gasteiger partial charge in [-0.15, -0.1) is 0 Å². The summed E-state index contributed by atoms with van der Waals surface area (Å²) in [5, 5.41) is 3.07. The molecule has 0 radical (unpaired) electrons. The number of nitrogens with zero attached hydrogens (tertiary/aromatic N) is 3. The number of nitrogens with one attached hydrogen (secondary N) is 1. The molecular weight excluding hydrogens is 180 g/mol. The Labute approximate surface area is 73.1 Å². The lowest BCUT2D eigenvalue weighted by Crippen LogP contribution is -2.40. The summed E-state index contributed by atoms with van der Waals surface area (Å²) in [6.07, 6.45) is 1.41. The second-order valence-corrected chi connectivity index (χ2v) is 2.71. The van der Waals surface area contributed by atoms with Crippen molar-refractivity contribution in [3.05, 3.63) is 0 Å². The van der Waals surface area contributed by atoms with Crippen LogP contribution in [0.1, 0.15) is 0 Å². The molecular formula is C5H2N4S2. The molecule has 0 atom stereocenters. The molecule has 2 rings (SSSR count). The average molecular weight is 182 g/mol. The Bertz CT molecular complexity index is 338. The second-order valence-electron chi connectivity index (χ2n) is 1.92. The Hall–Kier alpha value is -1.01. The minimum Gasteiger partial charge on any atom is -0.320 e. The predicted octanol–water partition coefficient (Wildman–Crippen LogP) is 0.0833. The molecule has 0 aromatic rings. The van der Waals surface area contributed by atoms with Gasteiger partial charge in [0.1, 0.15) is 17.0 Å². The molecule has 0 saturated carbocycles. The fraction of sp³-hybridized carbons (Fsp3) is 0. The van der Waals surface area contributed by atoms with Crippen molar-refractivity contribution in [2.45, 2.75) is 0 Å². The van der Waals surface area contributed by atoms with Crippen molar-refractivity contribution in [3.8, 4) is 0 Å². The summed E-state index contributed by atoms with van der Waals surface area (Å²) in [6.45, 7) is 0. The fourth-order valence-corrected chi connectivity index (χ4v) is 1.28. The van der Waals surface area contributed by atoms with E-state index in [1.165, 1.54) is 6.34 Å². The van der Waals surface area contributed by atoms with Gasteiger partial charge < -0.3 is 5.32 Å². The standard InChI is InChI=1S/C5H2N4S2/c10-4-2-3(7-1-6-2)8-5(11)9-4/h1H,(H,9,10,11). The fourth-order valence-electron chi connectivity index (χ4n) is 0.783. The Morgan fingerprint density at radius 2 is 2.18 bits per heavy atom. The molecule has 0 aromatic heterocycles. The van der Waals surface area contributed by atoms with Gasteiger partial charge in [-0.1, -0.05) is 12.2 Å². The van der Waals surface area contributed by atoms with Gasteiger partial charge in [-0.3, -0.25) is 0 Å². The summed E-state index contributed by atoms with van der Waals surface area (Å²) >= 11 is 9.72. The first-order valence-electron chi connectivity index (χ1n) is 2.82. The molecule has 11 heavy (non-hydrogen) atoms. The second kappa shape index (κ2) is 2.24. The minimum absolute atomic E-state index is 0.350. The molecule has 0 bridgehead atoms. The maximum atomic E-state index is 4.93. The summed E-state index contributed by atoms with van der Waals surface area (Å²) in [7, 11) is 0. The maximum Gasteiger partial charge on any atom is 0.200 e. The van der Waals surface area contributed by atoms with Crippen LogP contribution in [0.15, 0.2) is 15.0 Å². The van der Waals surface area contributed by atoms with E-state index < -0.39 is 0 Å². The van der Waals surface area contributed by atoms with Crippen LogP contribution in [0, 0.1) is 0 Å². The van der Waals surface area contributed by atoms with Gasteiger partial charge in [0.25, 0.3) is 0 Å². The lowest BCUT2D eigenvalue weighted by Gasteiger charge is -2.10. The number of amidine groups is 1. The van der Waals surface area contributed by atoms with Gasteiger partial charge in [0.05, 0.1) is 0 Å². The lowest BCUT2D eigenvalue weighted by molar-refractivity contribution is 1.39. The van der Waals surface area contributed by atoms with Gasteiger partial charge in [0, 0.05) is 0 Å². The van der Waals surface area contributed by atoms with Crippen molar-refractivity contribution in [2.75, 3.05) is 0 Å². The van der Waals surface area contributed by atoms with Crippen LogP contribution in [-0.2, 0) is 0 Å². The summed E-state index contributed by atoms with van der Waals surface area (Å²) in [5.41, 5.74) is 0.605. The number of hydrogen-bond acceptors (Lipinski definition) is 4. The van der Waals surface area contributed by atoms with Crippen molar-refractivity contribution in [1.29, 1.82) is 0 Å². The van der Waals surface area contributed by atoms with Crippen LogP contribution in [0.2, 0.25) is 0 Å². The Balaban J connectivity index is 2.53. The average Bonchev–Trinajstić information content (AvgIpc) is 2.34. The van der Waals surface area contributed by atoms with E-state index in [0.717, 1.165) is 0 Å². The van der Waals surface area contributed by atoms with Gasteiger partial charge >= 0.3 is 0 Å². The third-order valence-corrected chi connectivity index (χ3v) is 1.71. The quantitative estimate of drug-likeness (QED) is 0.540. The van der Waals surface area contributed by atoms with Crippen LogP contribution in [0.3, 0.4) is 0 Å². The highest BCUT2D eigenvalue weighted by atomic mass is 32.1. The topological polar surface area (TPSA) is 49.1 Å². The minimum atomic E-state index is 0.350. The van der Waals surface area contributed by atoms with Crippen molar-refractivity contribution in [1.82, 2.24) is 5.32 Å². The Morgan fingerprint density at radius 1 is 1.36 bits per heavy atom. The zero-order valence-electron chi connectivity index (χ0n) is 5.24. The van der Waals surface area contributed by atoms with Gasteiger partial charge in [-0.05, 0) is 12.2 Å². The van der Waals surface area contributed by atoms with E-state index in [0.29, 0.717) is 21.6 Å². The molecule has 0 aliphatic carbocycles. The summed E-state index contributed by atoms with van der Waals surface area (Å²) < 4.78 is 0. The van der Waals surface area contributed by atoms with Crippen molar-refractivity contribution < 1.29 is 0 Å². The third kappa shape index (κ3) is 0.997. The van der Waals surface area contributed by atoms with E-state index in [1.54, 1.807) is 0 Å². The van der Waals surface area contributed by atoms with E-state index in [9.17, 15) is 0 Å². The summed E-state index contributed by atoms with van der Waals surface area (Å²) in [4.78, 5) is 12.2. The maximum absolute atomic E-state index is 4.93. The van der Waals surface area contributed by atoms with Gasteiger partial charge in [0.15, 0.2) is 10.9 Å². The van der Waals surface area contributed by atoms with Gasteiger partial charge in [-0.25, -0.2) is 9.98 Å². The van der Waals surface area contributed by atoms with Crippen molar-refractivity contribution >= 4 is 52.4 Å². The van der Waals surface area contributed by atoms with Crippen LogP contribution in [-0.4, -0.2) is 28.0 Å². The molecule has 4 nitrogen and oxygen atoms in total. The molecule has 0 amide bonds. The monoisotopic (exact) mass is 182 g/mol. The number of fused-ring (bicyclic) bond motifs is 1. The van der Waals surface area contributed by atoms with E-state index in [1.807, 2.05) is 0 Å². The van der Waals surface area contributed by atoms with Crippen LogP contribution >= 0.6 is 24.4 Å². The van der Waals surface area contributed by atoms with Crippen LogP contribution in [0.4, 0.5) is 0 Å². The Kier molecular flexibility index (Phi) is 1.36. The smallest absolute Gasteiger partial charge is 0.200 e. The highest BCUT2D eigenvalue weighted by Gasteiger charge is 2.22. The molecule has 0 fully saturated rings. The predicted molar refractivity (Wildman–Crippen MR) is 51.7 cm³/mol. The van der Waals surface area contributed by atoms with Crippen molar-refractivity contribution in [2.24, 2.45) is 15.0 Å². The lowest BCUT2D eigenvalue weighted by atomic mass is 10.3. The highest BCUT2D eigenvalue weighted by molar-refractivity contribution is 7.83. The number of rotatable bonds is 0. The molecule has 0 aromatic carbocycles. The zero-order valence-corrected chi connectivity index (χ0v) is 6.87.